The van der Waals surface area contributed by atoms with Crippen molar-refractivity contribution in [2.45, 2.75) is 64.0 Å². The molecule has 4 heteroatoms. The van der Waals surface area contributed by atoms with Gasteiger partial charge in [0, 0.05) is 6.04 Å². The van der Waals surface area contributed by atoms with Gasteiger partial charge in [-0.15, -0.1) is 0 Å². The molecule has 2 atom stereocenters. The van der Waals surface area contributed by atoms with E-state index in [1.165, 1.54) is 25.9 Å². The summed E-state index contributed by atoms with van der Waals surface area (Å²) < 4.78 is 0. The minimum atomic E-state index is -0.639. The molecule has 2 fully saturated rings. The molecule has 4 nitrogen and oxygen atoms in total. The van der Waals surface area contributed by atoms with Gasteiger partial charge in [0.2, 0.25) is 0 Å². The fourth-order valence-corrected chi connectivity index (χ4v) is 3.79. The average molecular weight is 268 g/mol. The van der Waals surface area contributed by atoms with Crippen LogP contribution in [-0.2, 0) is 4.79 Å². The SMILES string of the molecule is CCCN1CCCC(N2CCCC2(C)C(=O)O)CC1. The Kier molecular flexibility index (Phi) is 4.85. The normalized spacial score (nSPS) is 34.3. The Labute approximate surface area is 116 Å². The first-order valence-electron chi connectivity index (χ1n) is 7.80. The molecule has 0 radical (unpaired) electrons. The Morgan fingerprint density at radius 3 is 2.74 bits per heavy atom. The molecule has 0 aliphatic carbocycles. The molecule has 0 aromatic rings. The molecule has 2 aliphatic rings. The summed E-state index contributed by atoms with van der Waals surface area (Å²) in [6.45, 7) is 8.60. The van der Waals surface area contributed by atoms with Crippen LogP contribution < -0.4 is 0 Å². The molecule has 0 amide bonds. The summed E-state index contributed by atoms with van der Waals surface area (Å²) in [5.41, 5.74) is -0.620. The first kappa shape index (κ1) is 14.8. The minimum absolute atomic E-state index is 0.463. The summed E-state index contributed by atoms with van der Waals surface area (Å²) in [6, 6.07) is 0.463. The van der Waals surface area contributed by atoms with Gasteiger partial charge in [-0.25, -0.2) is 0 Å². The Hall–Kier alpha value is -0.610. The number of rotatable bonds is 4. The highest BCUT2D eigenvalue weighted by Gasteiger charge is 2.46. The van der Waals surface area contributed by atoms with Crippen LogP contribution in [0.4, 0.5) is 0 Å². The maximum absolute atomic E-state index is 11.6. The molecule has 0 spiro atoms. The molecular formula is C15H28N2O2. The van der Waals surface area contributed by atoms with Crippen molar-refractivity contribution >= 4 is 5.97 Å². The van der Waals surface area contributed by atoms with Crippen molar-refractivity contribution in [1.82, 2.24) is 9.80 Å². The number of nitrogens with zero attached hydrogens (tertiary/aromatic N) is 2. The lowest BCUT2D eigenvalue weighted by Crippen LogP contribution is -2.52. The highest BCUT2D eigenvalue weighted by Crippen LogP contribution is 2.34. The Bertz CT molecular complexity index is 321. The number of hydrogen-bond donors (Lipinski definition) is 1. The van der Waals surface area contributed by atoms with E-state index in [4.69, 9.17) is 0 Å². The van der Waals surface area contributed by atoms with Crippen molar-refractivity contribution in [3.63, 3.8) is 0 Å². The van der Waals surface area contributed by atoms with Crippen molar-refractivity contribution in [2.75, 3.05) is 26.2 Å². The van der Waals surface area contributed by atoms with Crippen molar-refractivity contribution < 1.29 is 9.90 Å². The molecule has 2 unspecified atom stereocenters. The zero-order chi connectivity index (χ0) is 13.9. The molecule has 2 heterocycles. The van der Waals surface area contributed by atoms with E-state index in [1.54, 1.807) is 0 Å². The number of carbonyl (C=O) groups is 1. The van der Waals surface area contributed by atoms with Crippen LogP contribution in [0, 0.1) is 0 Å². The van der Waals surface area contributed by atoms with Crippen LogP contribution in [0.3, 0.4) is 0 Å². The van der Waals surface area contributed by atoms with Crippen LogP contribution >= 0.6 is 0 Å². The van der Waals surface area contributed by atoms with E-state index < -0.39 is 11.5 Å². The van der Waals surface area contributed by atoms with Gasteiger partial charge in [0.05, 0.1) is 0 Å². The summed E-state index contributed by atoms with van der Waals surface area (Å²) in [5, 5.41) is 9.53. The topological polar surface area (TPSA) is 43.8 Å². The number of carboxylic acid groups (broad SMARTS) is 1. The monoisotopic (exact) mass is 268 g/mol. The first-order chi connectivity index (χ1) is 9.08. The predicted molar refractivity (Wildman–Crippen MR) is 76.4 cm³/mol. The lowest BCUT2D eigenvalue weighted by molar-refractivity contribution is -0.150. The highest BCUT2D eigenvalue weighted by molar-refractivity contribution is 5.78. The summed E-state index contributed by atoms with van der Waals surface area (Å²) >= 11 is 0. The smallest absolute Gasteiger partial charge is 0.323 e. The molecule has 110 valence electrons. The van der Waals surface area contributed by atoms with E-state index in [0.717, 1.165) is 38.8 Å². The molecule has 0 aromatic heterocycles. The summed E-state index contributed by atoms with van der Waals surface area (Å²) in [4.78, 5) is 16.4. The van der Waals surface area contributed by atoms with Crippen molar-refractivity contribution in [3.8, 4) is 0 Å². The van der Waals surface area contributed by atoms with Crippen LogP contribution in [0.1, 0.15) is 52.4 Å². The number of aliphatic carboxylic acids is 1. The van der Waals surface area contributed by atoms with Gasteiger partial charge in [-0.2, -0.15) is 0 Å². The van der Waals surface area contributed by atoms with Gasteiger partial charge in [-0.05, 0) is 71.6 Å². The van der Waals surface area contributed by atoms with Crippen LogP contribution in [0.2, 0.25) is 0 Å². The molecule has 2 aliphatic heterocycles. The number of likely N-dealkylation sites (tertiary alicyclic amines) is 2. The minimum Gasteiger partial charge on any atom is -0.480 e. The Balaban J connectivity index is 2.00. The van der Waals surface area contributed by atoms with Crippen LogP contribution in [0.5, 0.6) is 0 Å². The predicted octanol–water partition coefficient (Wildman–Crippen LogP) is 2.19. The zero-order valence-electron chi connectivity index (χ0n) is 12.4. The van der Waals surface area contributed by atoms with Gasteiger partial charge in [-0.1, -0.05) is 6.92 Å². The van der Waals surface area contributed by atoms with Crippen LogP contribution in [-0.4, -0.2) is 58.6 Å². The van der Waals surface area contributed by atoms with Gasteiger partial charge in [0.1, 0.15) is 5.54 Å². The molecule has 1 N–H and O–H groups in total. The zero-order valence-corrected chi connectivity index (χ0v) is 12.4. The average Bonchev–Trinajstić information content (AvgIpc) is 2.63. The second-order valence-corrected chi connectivity index (χ2v) is 6.30. The van der Waals surface area contributed by atoms with Gasteiger partial charge in [0.25, 0.3) is 0 Å². The maximum Gasteiger partial charge on any atom is 0.323 e. The summed E-state index contributed by atoms with van der Waals surface area (Å²) in [5.74, 6) is -0.639. The molecule has 0 aromatic carbocycles. The largest absolute Gasteiger partial charge is 0.480 e. The van der Waals surface area contributed by atoms with Crippen molar-refractivity contribution in [1.29, 1.82) is 0 Å². The lowest BCUT2D eigenvalue weighted by Gasteiger charge is -2.37. The van der Waals surface area contributed by atoms with Gasteiger partial charge >= 0.3 is 5.97 Å². The number of carboxylic acids is 1. The van der Waals surface area contributed by atoms with E-state index in [9.17, 15) is 9.90 Å². The van der Waals surface area contributed by atoms with E-state index in [1.807, 2.05) is 6.92 Å². The molecule has 0 bridgehead atoms. The first-order valence-corrected chi connectivity index (χ1v) is 7.80. The fourth-order valence-electron chi connectivity index (χ4n) is 3.79. The molecule has 2 saturated heterocycles. The van der Waals surface area contributed by atoms with E-state index in [0.29, 0.717) is 6.04 Å². The molecule has 0 saturated carbocycles. The Morgan fingerprint density at radius 2 is 2.05 bits per heavy atom. The third kappa shape index (κ3) is 3.11. The summed E-state index contributed by atoms with van der Waals surface area (Å²) in [6.07, 6.45) is 6.53. The van der Waals surface area contributed by atoms with Gasteiger partial charge in [0.15, 0.2) is 0 Å². The van der Waals surface area contributed by atoms with E-state index >= 15 is 0 Å². The third-order valence-electron chi connectivity index (χ3n) is 4.93. The van der Waals surface area contributed by atoms with Crippen LogP contribution in [0.15, 0.2) is 0 Å². The summed E-state index contributed by atoms with van der Waals surface area (Å²) in [7, 11) is 0. The second kappa shape index (κ2) is 6.23. The highest BCUT2D eigenvalue weighted by atomic mass is 16.4. The maximum atomic E-state index is 11.6. The van der Waals surface area contributed by atoms with E-state index in [-0.39, 0.29) is 0 Å². The lowest BCUT2D eigenvalue weighted by atomic mass is 9.96. The van der Waals surface area contributed by atoms with E-state index in [2.05, 4.69) is 16.7 Å². The quantitative estimate of drug-likeness (QED) is 0.849. The van der Waals surface area contributed by atoms with Crippen LogP contribution in [0.25, 0.3) is 0 Å². The van der Waals surface area contributed by atoms with Gasteiger partial charge < -0.3 is 10.0 Å². The molecule has 2 rings (SSSR count). The number of hydrogen-bond acceptors (Lipinski definition) is 3. The van der Waals surface area contributed by atoms with Crippen molar-refractivity contribution in [2.24, 2.45) is 0 Å². The van der Waals surface area contributed by atoms with Gasteiger partial charge in [-0.3, -0.25) is 9.69 Å². The molecular weight excluding hydrogens is 240 g/mol. The third-order valence-corrected chi connectivity index (χ3v) is 4.93. The Morgan fingerprint density at radius 1 is 1.26 bits per heavy atom. The standard InChI is InChI=1S/C15H28N2O2/c1-3-9-16-10-4-6-13(7-12-16)17-11-5-8-15(17,2)14(18)19/h13H,3-12H2,1-2H3,(H,18,19). The van der Waals surface area contributed by atoms with Crippen molar-refractivity contribution in [3.05, 3.63) is 0 Å². The second-order valence-electron chi connectivity index (χ2n) is 6.30. The molecule has 19 heavy (non-hydrogen) atoms. The fraction of sp³-hybridized carbons (Fsp3) is 0.933.